The van der Waals surface area contributed by atoms with Crippen LogP contribution in [-0.4, -0.2) is 23.1 Å². The molecule has 0 aliphatic heterocycles. The predicted octanol–water partition coefficient (Wildman–Crippen LogP) is 1.44. The second-order valence-electron chi connectivity index (χ2n) is 4.21. The van der Waals surface area contributed by atoms with Crippen LogP contribution >= 0.6 is 0 Å². The molecule has 0 heterocycles. The molecule has 0 unspecified atom stereocenters. The first-order valence-corrected chi connectivity index (χ1v) is 6.07. The van der Waals surface area contributed by atoms with Gasteiger partial charge in [-0.05, 0) is 0 Å². The number of rotatable bonds is 2. The minimum Gasteiger partial charge on any atom is -1.00 e. The minimum atomic E-state index is 0. The molecule has 3 aromatic carbocycles. The molecule has 0 amide bonds. The average molecular weight is 334 g/mol. The van der Waals surface area contributed by atoms with Crippen LogP contribution in [0.5, 0.6) is 0 Å². The molecule has 3 aromatic rings. The van der Waals surface area contributed by atoms with E-state index in [9.17, 15) is 0 Å². The molecule has 2 heteroatoms. The monoisotopic (exact) mass is 332 g/mol. The Morgan fingerprint density at radius 1 is 0.500 bits per heavy atom. The zero-order valence-electron chi connectivity index (χ0n) is 11.1. The summed E-state index contributed by atoms with van der Waals surface area (Å²) in [4.78, 5) is 0. The van der Waals surface area contributed by atoms with Crippen LogP contribution in [0.3, 0.4) is 0 Å². The maximum Gasteiger partial charge on any atom is 2.00 e. The smallest absolute Gasteiger partial charge is 1.00 e. The van der Waals surface area contributed by atoms with Crippen LogP contribution in [0.2, 0.25) is 0 Å². The number of hydrogen-bond donors (Lipinski definition) is 0. The summed E-state index contributed by atoms with van der Waals surface area (Å²) in [6.07, 6.45) is 0. The van der Waals surface area contributed by atoms with Crippen molar-refractivity contribution in [1.82, 2.24) is 0 Å². The van der Waals surface area contributed by atoms with Gasteiger partial charge in [0.2, 0.25) is 0 Å². The molecule has 0 N–H and O–H groups in total. The van der Waals surface area contributed by atoms with Crippen molar-refractivity contribution in [1.29, 1.82) is 0 Å². The van der Waals surface area contributed by atoms with Crippen molar-refractivity contribution >= 4 is 23.1 Å². The molecule has 0 bridgehead atoms. The molecular weight excluding hydrogens is 320 g/mol. The van der Waals surface area contributed by atoms with E-state index in [4.69, 9.17) is 0 Å². The van der Waals surface area contributed by atoms with Crippen LogP contribution < -0.4 is 17.0 Å². The Labute approximate surface area is 146 Å². The molecule has 0 nitrogen and oxygen atoms in total. The van der Waals surface area contributed by atoms with Gasteiger partial charge in [-0.2, -0.15) is 0 Å². The van der Waals surface area contributed by atoms with Gasteiger partial charge in [-0.15, -0.1) is 35.4 Å². The summed E-state index contributed by atoms with van der Waals surface area (Å²) in [5, 5.41) is 0. The third kappa shape index (κ3) is 3.95. The van der Waals surface area contributed by atoms with Gasteiger partial charge >= 0.3 is 23.1 Å². The zero-order valence-corrected chi connectivity index (χ0v) is 14.1. The average Bonchev–Trinajstić information content (AvgIpc) is 2.49. The van der Waals surface area contributed by atoms with Gasteiger partial charge < -0.3 is 17.0 Å². The quantitative estimate of drug-likeness (QED) is 0.492. The Balaban J connectivity index is 0.000001000. The van der Waals surface area contributed by atoms with Crippen LogP contribution in [0, 0.1) is 6.07 Å². The van der Waals surface area contributed by atoms with Gasteiger partial charge in [-0.3, -0.25) is 0 Å². The number of halogens is 1. The van der Waals surface area contributed by atoms with Gasteiger partial charge in [0, 0.05) is 0 Å². The summed E-state index contributed by atoms with van der Waals surface area (Å²) in [6.45, 7) is 0. The van der Waals surface area contributed by atoms with Crippen molar-refractivity contribution in [2.24, 2.45) is 0 Å². The van der Waals surface area contributed by atoms with Gasteiger partial charge in [0.15, 0.2) is 0 Å². The topological polar surface area (TPSA) is 0 Å². The summed E-state index contributed by atoms with van der Waals surface area (Å²) >= 11 is 0. The van der Waals surface area contributed by atoms with E-state index < -0.39 is 0 Å². The van der Waals surface area contributed by atoms with E-state index in [1.807, 2.05) is 12.1 Å². The molecule has 0 saturated heterocycles. The molecule has 0 fully saturated rings. The van der Waals surface area contributed by atoms with Crippen LogP contribution in [-0.2, 0) is 0 Å². The van der Waals surface area contributed by atoms with Crippen LogP contribution in [0.15, 0.2) is 78.9 Å². The summed E-state index contributed by atoms with van der Waals surface area (Å²) in [6, 6.07) is 30.5. The van der Waals surface area contributed by atoms with E-state index in [1.54, 1.807) is 0 Å². The Kier molecular flexibility index (Phi) is 7.00. The molecule has 0 radical (unpaired) electrons. The van der Waals surface area contributed by atoms with E-state index in [-0.39, 0.29) is 40.0 Å². The SMILES string of the molecule is [Br-].[Mg+2].[c-]1c(-c2ccccc2)cccc1-c1ccccc1. The van der Waals surface area contributed by atoms with Gasteiger partial charge in [-0.1, -0.05) is 71.8 Å². The molecule has 0 aliphatic rings. The summed E-state index contributed by atoms with van der Waals surface area (Å²) in [5.74, 6) is 0. The number of benzene rings is 3. The van der Waals surface area contributed by atoms with E-state index in [0.29, 0.717) is 0 Å². The Hall–Kier alpha value is -1.09. The van der Waals surface area contributed by atoms with Crippen molar-refractivity contribution in [3.05, 3.63) is 84.9 Å². The fourth-order valence-electron chi connectivity index (χ4n) is 2.04. The predicted molar refractivity (Wildman–Crippen MR) is 81.9 cm³/mol. The van der Waals surface area contributed by atoms with Crippen molar-refractivity contribution in [2.75, 3.05) is 0 Å². The first kappa shape index (κ1) is 17.0. The zero-order chi connectivity index (χ0) is 12.2. The Morgan fingerprint density at radius 3 is 1.30 bits per heavy atom. The molecule has 0 aliphatic carbocycles. The number of hydrogen-bond acceptors (Lipinski definition) is 0. The largest absolute Gasteiger partial charge is 2.00 e. The van der Waals surface area contributed by atoms with E-state index >= 15 is 0 Å². The third-order valence-corrected chi connectivity index (χ3v) is 2.96. The van der Waals surface area contributed by atoms with Gasteiger partial charge in [0.1, 0.15) is 0 Å². The van der Waals surface area contributed by atoms with Crippen molar-refractivity contribution in [2.45, 2.75) is 0 Å². The third-order valence-electron chi connectivity index (χ3n) is 2.96. The van der Waals surface area contributed by atoms with E-state index in [1.165, 1.54) is 11.1 Å². The fourth-order valence-corrected chi connectivity index (χ4v) is 2.04. The van der Waals surface area contributed by atoms with E-state index in [2.05, 4.69) is 72.8 Å². The molecule has 0 saturated carbocycles. The molecule has 0 spiro atoms. The van der Waals surface area contributed by atoms with Crippen molar-refractivity contribution in [3.63, 3.8) is 0 Å². The van der Waals surface area contributed by atoms with Gasteiger partial charge in [0.25, 0.3) is 0 Å². The minimum absolute atomic E-state index is 0. The molecule has 20 heavy (non-hydrogen) atoms. The first-order valence-electron chi connectivity index (χ1n) is 6.07. The summed E-state index contributed by atoms with van der Waals surface area (Å²) < 4.78 is 0. The fraction of sp³-hybridized carbons (Fsp3) is 0. The molecular formula is C18H13BrMg. The van der Waals surface area contributed by atoms with Crippen molar-refractivity contribution < 1.29 is 17.0 Å². The molecule has 0 atom stereocenters. The molecule has 0 aromatic heterocycles. The molecule has 94 valence electrons. The maximum atomic E-state index is 3.48. The Morgan fingerprint density at radius 2 is 0.900 bits per heavy atom. The van der Waals surface area contributed by atoms with Gasteiger partial charge in [-0.25, -0.2) is 0 Å². The summed E-state index contributed by atoms with van der Waals surface area (Å²) in [5.41, 5.74) is 4.68. The van der Waals surface area contributed by atoms with Gasteiger partial charge in [0.05, 0.1) is 0 Å². The van der Waals surface area contributed by atoms with Crippen LogP contribution in [0.4, 0.5) is 0 Å². The normalized spacial score (nSPS) is 9.20. The van der Waals surface area contributed by atoms with Crippen LogP contribution in [0.25, 0.3) is 22.3 Å². The summed E-state index contributed by atoms with van der Waals surface area (Å²) in [7, 11) is 0. The second kappa shape index (κ2) is 8.25. The molecule has 3 rings (SSSR count). The van der Waals surface area contributed by atoms with Crippen molar-refractivity contribution in [3.8, 4) is 22.3 Å². The van der Waals surface area contributed by atoms with Crippen LogP contribution in [0.1, 0.15) is 0 Å². The maximum absolute atomic E-state index is 3.48. The standard InChI is InChI=1S/C18H13.BrH.Mg/c1-3-8-15(9-4-1)17-12-7-13-18(14-17)16-10-5-2-6-11-16;;/h1-13H;1H;/q-1;;+2/p-1. The Bertz CT molecular complexity index is 581. The van der Waals surface area contributed by atoms with E-state index in [0.717, 1.165) is 11.1 Å². The second-order valence-corrected chi connectivity index (χ2v) is 4.21. The first-order chi connectivity index (χ1) is 8.93.